The van der Waals surface area contributed by atoms with E-state index in [1.807, 2.05) is 0 Å². The van der Waals surface area contributed by atoms with Gasteiger partial charge in [-0.05, 0) is 38.8 Å². The molecule has 23 heavy (non-hydrogen) atoms. The molecule has 130 valence electrons. The van der Waals surface area contributed by atoms with Crippen LogP contribution in [0.4, 0.5) is 0 Å². The summed E-state index contributed by atoms with van der Waals surface area (Å²) in [6.45, 7) is 11.4. The van der Waals surface area contributed by atoms with Gasteiger partial charge < -0.3 is 5.11 Å². The van der Waals surface area contributed by atoms with Gasteiger partial charge in [-0.3, -0.25) is 9.80 Å². The first kappa shape index (κ1) is 17.3. The number of aliphatic hydroxyl groups excluding tert-OH is 1. The molecule has 2 fully saturated rings. The number of nitrogens with zero attached hydrogens (tertiary/aromatic N) is 3. The Labute approximate surface area is 144 Å². The summed E-state index contributed by atoms with van der Waals surface area (Å²) in [5, 5.41) is 13.0. The van der Waals surface area contributed by atoms with Crippen LogP contribution in [0.3, 0.4) is 0 Å². The quantitative estimate of drug-likeness (QED) is 0.897. The third-order valence-electron chi connectivity index (χ3n) is 5.21. The molecule has 0 bridgehead atoms. The zero-order chi connectivity index (χ0) is 16.4. The summed E-state index contributed by atoms with van der Waals surface area (Å²) in [6.07, 6.45) is 4.96. The Kier molecular flexibility index (Phi) is 5.41. The first-order valence-corrected chi connectivity index (χ1v) is 9.89. The van der Waals surface area contributed by atoms with Crippen molar-refractivity contribution in [1.29, 1.82) is 0 Å². The molecule has 4 nitrogen and oxygen atoms in total. The molecule has 2 saturated heterocycles. The molecule has 0 aromatic carbocycles. The molecule has 2 aliphatic heterocycles. The molecule has 1 N–H and O–H groups in total. The van der Waals surface area contributed by atoms with Crippen molar-refractivity contribution in [1.82, 2.24) is 14.8 Å². The Hall–Kier alpha value is -0.490. The van der Waals surface area contributed by atoms with E-state index in [1.165, 1.54) is 36.5 Å². The zero-order valence-electron chi connectivity index (χ0n) is 14.8. The van der Waals surface area contributed by atoms with Crippen molar-refractivity contribution in [3.05, 3.63) is 16.1 Å². The summed E-state index contributed by atoms with van der Waals surface area (Å²) in [6, 6.07) is 1.02. The summed E-state index contributed by atoms with van der Waals surface area (Å²) in [7, 11) is 0. The Bertz CT molecular complexity index is 511. The van der Waals surface area contributed by atoms with Crippen LogP contribution >= 0.6 is 11.3 Å². The van der Waals surface area contributed by atoms with Crippen molar-refractivity contribution >= 4 is 11.3 Å². The number of hydrogen-bond donors (Lipinski definition) is 1. The van der Waals surface area contributed by atoms with Crippen LogP contribution in [-0.2, 0) is 12.0 Å². The number of hydrogen-bond acceptors (Lipinski definition) is 5. The predicted octanol–water partition coefficient (Wildman–Crippen LogP) is 2.86. The minimum Gasteiger partial charge on any atom is -0.395 e. The second kappa shape index (κ2) is 7.18. The third-order valence-corrected chi connectivity index (χ3v) is 6.53. The van der Waals surface area contributed by atoms with Crippen LogP contribution in [0.2, 0.25) is 0 Å². The van der Waals surface area contributed by atoms with Gasteiger partial charge in [-0.15, -0.1) is 11.3 Å². The molecule has 1 aromatic heterocycles. The van der Waals surface area contributed by atoms with E-state index >= 15 is 0 Å². The van der Waals surface area contributed by atoms with Gasteiger partial charge >= 0.3 is 0 Å². The fraction of sp³-hybridized carbons (Fsp3) is 0.833. The maximum atomic E-state index is 9.53. The average molecular weight is 338 g/mol. The van der Waals surface area contributed by atoms with Crippen molar-refractivity contribution < 1.29 is 5.11 Å². The van der Waals surface area contributed by atoms with E-state index in [1.54, 1.807) is 11.3 Å². The SMILES string of the molecule is CC(C)(C)c1nc(CN2CCCC2CN2CCCC2CO)cs1. The Balaban J connectivity index is 1.59. The highest BCUT2D eigenvalue weighted by atomic mass is 32.1. The molecular weight excluding hydrogens is 306 g/mol. The lowest BCUT2D eigenvalue weighted by molar-refractivity contribution is 0.119. The average Bonchev–Trinajstić information content (AvgIpc) is 3.21. The summed E-state index contributed by atoms with van der Waals surface area (Å²) in [4.78, 5) is 9.98. The highest BCUT2D eigenvalue weighted by Gasteiger charge is 2.31. The number of aromatic nitrogens is 1. The van der Waals surface area contributed by atoms with Crippen LogP contribution < -0.4 is 0 Å². The van der Waals surface area contributed by atoms with E-state index in [4.69, 9.17) is 4.98 Å². The lowest BCUT2D eigenvalue weighted by atomic mass is 9.98. The smallest absolute Gasteiger partial charge is 0.0982 e. The second-order valence-corrected chi connectivity index (χ2v) is 8.99. The van der Waals surface area contributed by atoms with Gasteiger partial charge in [0.05, 0.1) is 17.3 Å². The highest BCUT2D eigenvalue weighted by Crippen LogP contribution is 2.28. The largest absolute Gasteiger partial charge is 0.395 e. The van der Waals surface area contributed by atoms with Crippen molar-refractivity contribution in [2.75, 3.05) is 26.2 Å². The van der Waals surface area contributed by atoms with Gasteiger partial charge in [-0.25, -0.2) is 4.98 Å². The van der Waals surface area contributed by atoms with Gasteiger partial charge in [0.25, 0.3) is 0 Å². The Morgan fingerprint density at radius 1 is 1.17 bits per heavy atom. The molecular formula is C18H31N3OS. The molecule has 5 heteroatoms. The minimum atomic E-state index is 0.150. The van der Waals surface area contributed by atoms with E-state index in [2.05, 4.69) is 36.0 Å². The standard InChI is InChI=1S/C18H31N3OS/c1-18(2,3)17-19-14(13-23-17)10-20-8-4-6-15(20)11-21-9-5-7-16(21)12-22/h13,15-16,22H,4-12H2,1-3H3. The summed E-state index contributed by atoms with van der Waals surface area (Å²) in [5.74, 6) is 0. The number of thiazole rings is 1. The van der Waals surface area contributed by atoms with Gasteiger partial charge in [0.15, 0.2) is 0 Å². The van der Waals surface area contributed by atoms with E-state index < -0.39 is 0 Å². The van der Waals surface area contributed by atoms with Crippen LogP contribution in [0.25, 0.3) is 0 Å². The molecule has 0 spiro atoms. The van der Waals surface area contributed by atoms with Crippen molar-refractivity contribution in [3.8, 4) is 0 Å². The molecule has 0 radical (unpaired) electrons. The minimum absolute atomic E-state index is 0.150. The molecule has 3 rings (SSSR count). The highest BCUT2D eigenvalue weighted by molar-refractivity contribution is 7.09. The summed E-state index contributed by atoms with van der Waals surface area (Å²) in [5.41, 5.74) is 1.38. The van der Waals surface area contributed by atoms with E-state index in [9.17, 15) is 5.11 Å². The molecule has 3 heterocycles. The van der Waals surface area contributed by atoms with Crippen LogP contribution in [0, 0.1) is 0 Å². The molecule has 0 amide bonds. The zero-order valence-corrected chi connectivity index (χ0v) is 15.6. The Morgan fingerprint density at radius 3 is 2.52 bits per heavy atom. The van der Waals surface area contributed by atoms with Gasteiger partial charge in [-0.2, -0.15) is 0 Å². The molecule has 2 atom stereocenters. The van der Waals surface area contributed by atoms with E-state index in [0.717, 1.165) is 26.1 Å². The maximum absolute atomic E-state index is 9.53. The predicted molar refractivity (Wildman–Crippen MR) is 95.9 cm³/mol. The van der Waals surface area contributed by atoms with Crippen LogP contribution in [-0.4, -0.2) is 58.2 Å². The van der Waals surface area contributed by atoms with Gasteiger partial charge in [0, 0.05) is 36.0 Å². The Morgan fingerprint density at radius 2 is 1.87 bits per heavy atom. The summed E-state index contributed by atoms with van der Waals surface area (Å²) >= 11 is 1.80. The monoisotopic (exact) mass is 337 g/mol. The van der Waals surface area contributed by atoms with Gasteiger partial charge in [0.1, 0.15) is 0 Å². The van der Waals surface area contributed by atoms with Gasteiger partial charge in [-0.1, -0.05) is 20.8 Å². The number of likely N-dealkylation sites (tertiary alicyclic amines) is 2. The van der Waals surface area contributed by atoms with E-state index in [-0.39, 0.29) is 5.41 Å². The molecule has 2 unspecified atom stereocenters. The third kappa shape index (κ3) is 4.13. The maximum Gasteiger partial charge on any atom is 0.0982 e. The van der Waals surface area contributed by atoms with Crippen molar-refractivity contribution in [2.24, 2.45) is 0 Å². The summed E-state index contributed by atoms with van der Waals surface area (Å²) < 4.78 is 0. The first-order chi connectivity index (χ1) is 11.0. The topological polar surface area (TPSA) is 39.6 Å². The fourth-order valence-electron chi connectivity index (χ4n) is 3.86. The van der Waals surface area contributed by atoms with Crippen LogP contribution in [0.5, 0.6) is 0 Å². The van der Waals surface area contributed by atoms with E-state index in [0.29, 0.717) is 18.7 Å². The van der Waals surface area contributed by atoms with Crippen LogP contribution in [0.1, 0.15) is 57.2 Å². The second-order valence-electron chi connectivity index (χ2n) is 8.13. The normalized spacial score (nSPS) is 27.1. The number of rotatable bonds is 5. The van der Waals surface area contributed by atoms with Gasteiger partial charge in [0.2, 0.25) is 0 Å². The molecule has 1 aromatic rings. The first-order valence-electron chi connectivity index (χ1n) is 9.01. The fourth-order valence-corrected chi connectivity index (χ4v) is 4.75. The van der Waals surface area contributed by atoms with Crippen molar-refractivity contribution in [2.45, 2.75) is 70.5 Å². The molecule has 0 aliphatic carbocycles. The van der Waals surface area contributed by atoms with Crippen molar-refractivity contribution in [3.63, 3.8) is 0 Å². The number of aliphatic hydroxyl groups is 1. The lowest BCUT2D eigenvalue weighted by Gasteiger charge is -2.31. The molecule has 0 saturated carbocycles. The van der Waals surface area contributed by atoms with Crippen LogP contribution in [0.15, 0.2) is 5.38 Å². The lowest BCUT2D eigenvalue weighted by Crippen LogP contribution is -2.43. The molecule has 2 aliphatic rings.